The molecule has 1 saturated heterocycles. The van der Waals surface area contributed by atoms with E-state index in [0.29, 0.717) is 35.1 Å². The number of fused-ring (bicyclic) bond motifs is 1. The molecule has 184 valence electrons. The third-order valence-corrected chi connectivity index (χ3v) is 7.73. The first-order chi connectivity index (χ1) is 17.3. The predicted octanol–water partition coefficient (Wildman–Crippen LogP) is 4.22. The molecule has 0 N–H and O–H groups in total. The number of ether oxygens (including phenoxy) is 3. The molecule has 3 aromatic rings. The van der Waals surface area contributed by atoms with E-state index in [1.165, 1.54) is 30.3 Å². The van der Waals surface area contributed by atoms with Gasteiger partial charge in [-0.2, -0.15) is 0 Å². The minimum atomic E-state index is -4.29. The van der Waals surface area contributed by atoms with Crippen molar-refractivity contribution in [2.45, 2.75) is 12.3 Å². The van der Waals surface area contributed by atoms with Crippen LogP contribution in [0, 0.1) is 10.1 Å². The standard InChI is InChI=1S/C25H20N2O8S/c1-2-33-20-9-7-18(8-10-20)26-24(28)23(13-16-6-11-21-22(12-16)35-15-34-21)36(31,32)25(26)17-4-3-5-19(14-17)27(29)30/h3-14,25H,2,15H2,1H3. The number of amides is 1. The summed E-state index contributed by atoms with van der Waals surface area (Å²) in [6, 6.07) is 16.5. The lowest BCUT2D eigenvalue weighted by Crippen LogP contribution is -2.29. The molecule has 0 aromatic heterocycles. The van der Waals surface area contributed by atoms with Crippen molar-refractivity contribution in [3.63, 3.8) is 0 Å². The first kappa shape index (κ1) is 23.4. The highest BCUT2D eigenvalue weighted by Gasteiger charge is 2.50. The van der Waals surface area contributed by atoms with Crippen molar-refractivity contribution in [1.82, 2.24) is 0 Å². The third kappa shape index (κ3) is 4.03. The molecule has 0 saturated carbocycles. The van der Waals surface area contributed by atoms with Crippen LogP contribution in [0.15, 0.2) is 71.6 Å². The Labute approximate surface area is 206 Å². The van der Waals surface area contributed by atoms with E-state index >= 15 is 0 Å². The molecule has 3 aromatic carbocycles. The number of anilines is 1. The van der Waals surface area contributed by atoms with Crippen molar-refractivity contribution in [1.29, 1.82) is 0 Å². The van der Waals surface area contributed by atoms with E-state index in [-0.39, 0.29) is 18.0 Å². The topological polar surface area (TPSA) is 125 Å². The number of hydrogen-bond donors (Lipinski definition) is 0. The number of carbonyl (C=O) groups is 1. The van der Waals surface area contributed by atoms with E-state index in [2.05, 4.69) is 0 Å². The van der Waals surface area contributed by atoms with Gasteiger partial charge in [-0.3, -0.25) is 19.8 Å². The van der Waals surface area contributed by atoms with Crippen molar-refractivity contribution in [2.24, 2.45) is 0 Å². The minimum absolute atomic E-state index is 0.0486. The molecule has 0 spiro atoms. The summed E-state index contributed by atoms with van der Waals surface area (Å²) in [7, 11) is -4.29. The van der Waals surface area contributed by atoms with Gasteiger partial charge >= 0.3 is 0 Å². The maximum atomic E-state index is 13.8. The molecule has 11 heteroatoms. The predicted molar refractivity (Wildman–Crippen MR) is 130 cm³/mol. The second-order valence-corrected chi connectivity index (χ2v) is 9.95. The molecule has 2 aliphatic heterocycles. The van der Waals surface area contributed by atoms with Gasteiger partial charge in [0.05, 0.1) is 11.5 Å². The van der Waals surface area contributed by atoms with Gasteiger partial charge in [-0.1, -0.05) is 18.2 Å². The van der Waals surface area contributed by atoms with Gasteiger partial charge in [-0.05, 0) is 60.5 Å². The van der Waals surface area contributed by atoms with Gasteiger partial charge in [0.15, 0.2) is 16.9 Å². The normalized spacial score (nSPS) is 19.0. The van der Waals surface area contributed by atoms with Crippen LogP contribution >= 0.6 is 0 Å². The lowest BCUT2D eigenvalue weighted by atomic mass is 10.1. The molecule has 1 fully saturated rings. The summed E-state index contributed by atoms with van der Waals surface area (Å²) < 4.78 is 43.7. The highest BCUT2D eigenvalue weighted by atomic mass is 32.2. The van der Waals surface area contributed by atoms with Crippen LogP contribution in [0.5, 0.6) is 17.2 Å². The molecule has 10 nitrogen and oxygen atoms in total. The van der Waals surface area contributed by atoms with Crippen molar-refractivity contribution >= 4 is 33.2 Å². The minimum Gasteiger partial charge on any atom is -0.494 e. The summed E-state index contributed by atoms with van der Waals surface area (Å²) in [6.07, 6.45) is 1.28. The van der Waals surface area contributed by atoms with Crippen LogP contribution in [-0.4, -0.2) is 32.6 Å². The van der Waals surface area contributed by atoms with Gasteiger partial charge in [0.2, 0.25) is 16.6 Å². The first-order valence-electron chi connectivity index (χ1n) is 11.0. The van der Waals surface area contributed by atoms with E-state index in [0.717, 1.165) is 4.90 Å². The summed E-state index contributed by atoms with van der Waals surface area (Å²) in [5, 5.41) is 9.87. The lowest BCUT2D eigenvalue weighted by molar-refractivity contribution is -0.384. The van der Waals surface area contributed by atoms with Crippen LogP contribution in [-0.2, 0) is 14.6 Å². The van der Waals surface area contributed by atoms with Crippen LogP contribution in [0.4, 0.5) is 11.4 Å². The fourth-order valence-electron chi connectivity index (χ4n) is 4.15. The van der Waals surface area contributed by atoms with Crippen LogP contribution in [0.1, 0.15) is 23.4 Å². The Morgan fingerprint density at radius 1 is 1.08 bits per heavy atom. The van der Waals surface area contributed by atoms with Gasteiger partial charge in [0.1, 0.15) is 10.7 Å². The Kier molecular flexibility index (Phi) is 5.84. The van der Waals surface area contributed by atoms with Gasteiger partial charge in [-0.25, -0.2) is 8.42 Å². The summed E-state index contributed by atoms with van der Waals surface area (Å²) in [5.74, 6) is 0.751. The molecule has 5 rings (SSSR count). The zero-order chi connectivity index (χ0) is 25.4. The molecule has 2 heterocycles. The Morgan fingerprint density at radius 3 is 2.56 bits per heavy atom. The summed E-state index contributed by atoms with van der Waals surface area (Å²) in [5.41, 5.74) is 0.547. The van der Waals surface area contributed by atoms with Gasteiger partial charge in [0.25, 0.3) is 11.6 Å². The second kappa shape index (κ2) is 9.00. The van der Waals surface area contributed by atoms with Gasteiger partial charge in [-0.15, -0.1) is 0 Å². The fraction of sp³-hybridized carbons (Fsp3) is 0.160. The van der Waals surface area contributed by atoms with Gasteiger partial charge in [0, 0.05) is 17.8 Å². The summed E-state index contributed by atoms with van der Waals surface area (Å²) in [6.45, 7) is 2.32. The Hall–Kier alpha value is -4.38. The number of non-ortho nitro benzene ring substituents is 1. The average molecular weight is 509 g/mol. The molecule has 0 aliphatic carbocycles. The van der Waals surface area contributed by atoms with Crippen molar-refractivity contribution in [2.75, 3.05) is 18.3 Å². The molecule has 1 atom stereocenters. The van der Waals surface area contributed by atoms with E-state index < -0.39 is 30.9 Å². The fourth-order valence-corrected chi connectivity index (χ4v) is 6.03. The SMILES string of the molecule is CCOc1ccc(N2C(=O)C(=Cc3ccc4c(c3)OCO4)S(=O)(=O)C2c2cccc([N+](=O)[O-])c2)cc1. The lowest BCUT2D eigenvalue weighted by Gasteiger charge is -2.23. The van der Waals surface area contributed by atoms with E-state index in [4.69, 9.17) is 14.2 Å². The van der Waals surface area contributed by atoms with Crippen LogP contribution in [0.2, 0.25) is 0 Å². The largest absolute Gasteiger partial charge is 0.494 e. The van der Waals surface area contributed by atoms with E-state index in [1.807, 2.05) is 6.92 Å². The van der Waals surface area contributed by atoms with Crippen molar-refractivity contribution in [3.05, 3.63) is 92.9 Å². The smallest absolute Gasteiger partial charge is 0.271 e. The van der Waals surface area contributed by atoms with Crippen LogP contribution in [0.3, 0.4) is 0 Å². The number of carbonyl (C=O) groups excluding carboxylic acids is 1. The Balaban J connectivity index is 1.65. The summed E-state index contributed by atoms with van der Waals surface area (Å²) >= 11 is 0. The highest BCUT2D eigenvalue weighted by molar-refractivity contribution is 7.97. The molecule has 0 bridgehead atoms. The number of nitro benzene ring substituents is 1. The number of rotatable bonds is 6. The zero-order valence-electron chi connectivity index (χ0n) is 19.0. The quantitative estimate of drug-likeness (QED) is 0.275. The van der Waals surface area contributed by atoms with E-state index in [1.54, 1.807) is 42.5 Å². The summed E-state index contributed by atoms with van der Waals surface area (Å²) in [4.78, 5) is 25.1. The zero-order valence-corrected chi connectivity index (χ0v) is 19.8. The molecule has 0 radical (unpaired) electrons. The van der Waals surface area contributed by atoms with Crippen LogP contribution in [0.25, 0.3) is 6.08 Å². The Morgan fingerprint density at radius 2 is 1.83 bits per heavy atom. The molecule has 1 amide bonds. The number of nitro groups is 1. The maximum Gasteiger partial charge on any atom is 0.271 e. The number of nitrogens with zero attached hydrogens (tertiary/aromatic N) is 2. The second-order valence-electron chi connectivity index (χ2n) is 7.97. The maximum absolute atomic E-state index is 13.8. The van der Waals surface area contributed by atoms with Crippen molar-refractivity contribution in [3.8, 4) is 17.2 Å². The number of benzene rings is 3. The number of hydrogen-bond acceptors (Lipinski definition) is 8. The molecular formula is C25H20N2O8S. The first-order valence-corrected chi connectivity index (χ1v) is 12.5. The molecule has 1 unspecified atom stereocenters. The molecule has 2 aliphatic rings. The Bertz CT molecular complexity index is 1500. The molecular weight excluding hydrogens is 488 g/mol. The van der Waals surface area contributed by atoms with Gasteiger partial charge < -0.3 is 14.2 Å². The average Bonchev–Trinajstić information content (AvgIpc) is 3.41. The highest BCUT2D eigenvalue weighted by Crippen LogP contribution is 2.45. The van der Waals surface area contributed by atoms with Crippen LogP contribution < -0.4 is 19.1 Å². The monoisotopic (exact) mass is 508 g/mol. The third-order valence-electron chi connectivity index (χ3n) is 5.75. The number of sulfone groups is 1. The molecule has 36 heavy (non-hydrogen) atoms. The van der Waals surface area contributed by atoms with E-state index in [9.17, 15) is 23.3 Å². The van der Waals surface area contributed by atoms with Crippen molar-refractivity contribution < 1.29 is 32.3 Å².